The minimum Gasteiger partial charge on any atom is -0.322 e. The molecule has 1 saturated carbocycles. The standard InChI is InChI=1S/C14H29OP/c1-13(2,3)16(15,14(4,5)6)12-10-8-7-9-11-12/h12H,7-11H2,1-6H3. The summed E-state index contributed by atoms with van der Waals surface area (Å²) in [6.07, 6.45) is 6.27. The van der Waals surface area contributed by atoms with Crippen LogP contribution in [0.4, 0.5) is 0 Å². The lowest BCUT2D eigenvalue weighted by Crippen LogP contribution is -2.36. The van der Waals surface area contributed by atoms with Crippen molar-refractivity contribution < 1.29 is 4.57 Å². The van der Waals surface area contributed by atoms with Gasteiger partial charge in [0.25, 0.3) is 0 Å². The summed E-state index contributed by atoms with van der Waals surface area (Å²) in [4.78, 5) is 0. The van der Waals surface area contributed by atoms with E-state index in [2.05, 4.69) is 41.5 Å². The van der Waals surface area contributed by atoms with Crippen LogP contribution >= 0.6 is 7.14 Å². The van der Waals surface area contributed by atoms with Crippen molar-refractivity contribution in [1.29, 1.82) is 0 Å². The molecule has 96 valence electrons. The topological polar surface area (TPSA) is 17.1 Å². The van der Waals surface area contributed by atoms with Crippen molar-refractivity contribution in [3.63, 3.8) is 0 Å². The molecule has 0 radical (unpaired) electrons. The Kier molecular flexibility index (Phi) is 4.00. The van der Waals surface area contributed by atoms with Gasteiger partial charge < -0.3 is 4.57 Å². The van der Waals surface area contributed by atoms with Gasteiger partial charge in [0.2, 0.25) is 0 Å². The van der Waals surface area contributed by atoms with E-state index < -0.39 is 7.14 Å². The summed E-state index contributed by atoms with van der Waals surface area (Å²) < 4.78 is 13.6. The molecule has 0 aliphatic heterocycles. The Morgan fingerprint density at radius 2 is 1.19 bits per heavy atom. The van der Waals surface area contributed by atoms with Crippen LogP contribution in [0.2, 0.25) is 0 Å². The first-order valence-electron chi connectivity index (χ1n) is 6.70. The van der Waals surface area contributed by atoms with Crippen LogP contribution in [0.25, 0.3) is 0 Å². The zero-order chi connectivity index (χ0) is 12.6. The second-order valence-electron chi connectivity index (χ2n) is 7.29. The fourth-order valence-corrected chi connectivity index (χ4v) is 8.84. The molecule has 0 saturated heterocycles. The highest BCUT2D eigenvalue weighted by atomic mass is 31.2. The molecule has 2 heteroatoms. The van der Waals surface area contributed by atoms with Gasteiger partial charge in [-0.25, -0.2) is 0 Å². The highest BCUT2D eigenvalue weighted by molar-refractivity contribution is 7.67. The molecule has 16 heavy (non-hydrogen) atoms. The van der Waals surface area contributed by atoms with Crippen LogP contribution in [0.15, 0.2) is 0 Å². The van der Waals surface area contributed by atoms with Gasteiger partial charge in [0, 0.05) is 16.0 Å². The Labute approximate surface area is 102 Å². The first-order chi connectivity index (χ1) is 7.11. The predicted molar refractivity (Wildman–Crippen MR) is 74.0 cm³/mol. The highest BCUT2D eigenvalue weighted by Crippen LogP contribution is 2.72. The summed E-state index contributed by atoms with van der Waals surface area (Å²) in [5.41, 5.74) is 0.473. The van der Waals surface area contributed by atoms with E-state index in [1.165, 1.54) is 32.1 Å². The van der Waals surface area contributed by atoms with Crippen LogP contribution in [0.5, 0.6) is 0 Å². The van der Waals surface area contributed by atoms with E-state index in [9.17, 15) is 4.57 Å². The van der Waals surface area contributed by atoms with Gasteiger partial charge in [-0.3, -0.25) is 0 Å². The molecular formula is C14H29OP. The Bertz CT molecular complexity index is 256. The quantitative estimate of drug-likeness (QED) is 0.573. The lowest BCUT2D eigenvalue weighted by molar-refractivity contribution is 0.449. The molecule has 0 aromatic rings. The van der Waals surface area contributed by atoms with Gasteiger partial charge in [-0.05, 0) is 12.8 Å². The molecule has 0 aromatic carbocycles. The summed E-state index contributed by atoms with van der Waals surface area (Å²) in [5, 5.41) is -0.0967. The third-order valence-corrected chi connectivity index (χ3v) is 9.61. The van der Waals surface area contributed by atoms with E-state index in [1.807, 2.05) is 0 Å². The maximum Gasteiger partial charge on any atom is 0.101 e. The fraction of sp³-hybridized carbons (Fsp3) is 1.00. The van der Waals surface area contributed by atoms with E-state index in [-0.39, 0.29) is 10.3 Å². The summed E-state index contributed by atoms with van der Waals surface area (Å²) in [5.74, 6) is 0. The number of hydrogen-bond acceptors (Lipinski definition) is 1. The Morgan fingerprint density at radius 1 is 0.812 bits per heavy atom. The number of rotatable bonds is 1. The van der Waals surface area contributed by atoms with Gasteiger partial charge in [0.05, 0.1) is 0 Å². The van der Waals surface area contributed by atoms with Gasteiger partial charge in [0.1, 0.15) is 7.14 Å². The highest BCUT2D eigenvalue weighted by Gasteiger charge is 2.50. The zero-order valence-corrected chi connectivity index (χ0v) is 12.9. The molecule has 1 aliphatic rings. The van der Waals surface area contributed by atoms with Crippen LogP contribution in [0.3, 0.4) is 0 Å². The lowest BCUT2D eigenvalue weighted by atomic mass is 10.0. The molecule has 0 unspecified atom stereocenters. The molecule has 1 aliphatic carbocycles. The second-order valence-corrected chi connectivity index (χ2v) is 12.0. The van der Waals surface area contributed by atoms with E-state index in [4.69, 9.17) is 0 Å². The third-order valence-electron chi connectivity index (χ3n) is 4.08. The third kappa shape index (κ3) is 2.40. The first-order valence-corrected chi connectivity index (χ1v) is 8.48. The molecule has 0 spiro atoms. The van der Waals surface area contributed by atoms with Crippen LogP contribution < -0.4 is 0 Å². The van der Waals surface area contributed by atoms with Crippen LogP contribution in [-0.2, 0) is 4.57 Å². The van der Waals surface area contributed by atoms with Crippen molar-refractivity contribution in [2.24, 2.45) is 0 Å². The summed E-state index contributed by atoms with van der Waals surface area (Å²) >= 11 is 0. The first kappa shape index (κ1) is 14.3. The average Bonchev–Trinajstić information content (AvgIpc) is 2.14. The minimum atomic E-state index is -2.16. The molecule has 0 bridgehead atoms. The van der Waals surface area contributed by atoms with Crippen LogP contribution in [-0.4, -0.2) is 16.0 Å². The predicted octanol–water partition coefficient (Wildman–Crippen LogP) is 5.28. The fourth-order valence-electron chi connectivity index (χ4n) is 3.55. The summed E-state index contributed by atoms with van der Waals surface area (Å²) in [7, 11) is -2.16. The summed E-state index contributed by atoms with van der Waals surface area (Å²) in [6.45, 7) is 13.0. The lowest BCUT2D eigenvalue weighted by Gasteiger charge is -2.47. The average molecular weight is 244 g/mol. The van der Waals surface area contributed by atoms with E-state index in [0.717, 1.165) is 0 Å². The molecule has 1 nitrogen and oxygen atoms in total. The van der Waals surface area contributed by atoms with Gasteiger partial charge >= 0.3 is 0 Å². The zero-order valence-electron chi connectivity index (χ0n) is 12.0. The van der Waals surface area contributed by atoms with Crippen molar-refractivity contribution in [2.75, 3.05) is 0 Å². The summed E-state index contributed by atoms with van der Waals surface area (Å²) in [6, 6.07) is 0. The van der Waals surface area contributed by atoms with Crippen molar-refractivity contribution in [1.82, 2.24) is 0 Å². The maximum absolute atomic E-state index is 13.6. The Balaban J connectivity index is 3.10. The largest absolute Gasteiger partial charge is 0.322 e. The van der Waals surface area contributed by atoms with E-state index >= 15 is 0 Å². The molecule has 1 fully saturated rings. The van der Waals surface area contributed by atoms with Crippen molar-refractivity contribution in [3.05, 3.63) is 0 Å². The maximum atomic E-state index is 13.6. The van der Waals surface area contributed by atoms with Crippen molar-refractivity contribution in [2.45, 2.75) is 89.6 Å². The molecule has 0 heterocycles. The number of hydrogen-bond donors (Lipinski definition) is 0. The van der Waals surface area contributed by atoms with Crippen molar-refractivity contribution >= 4 is 7.14 Å². The molecule has 0 aromatic heterocycles. The van der Waals surface area contributed by atoms with Crippen molar-refractivity contribution in [3.8, 4) is 0 Å². The van der Waals surface area contributed by atoms with Gasteiger partial charge in [-0.1, -0.05) is 60.8 Å². The molecule has 0 N–H and O–H groups in total. The smallest absolute Gasteiger partial charge is 0.101 e. The van der Waals surface area contributed by atoms with E-state index in [1.54, 1.807) is 0 Å². The van der Waals surface area contributed by atoms with Crippen LogP contribution in [0.1, 0.15) is 73.6 Å². The molecular weight excluding hydrogens is 215 g/mol. The Hall–Kier alpha value is 0.230. The van der Waals surface area contributed by atoms with Gasteiger partial charge in [0.15, 0.2) is 0 Å². The van der Waals surface area contributed by atoms with E-state index in [0.29, 0.717) is 5.66 Å². The Morgan fingerprint density at radius 3 is 1.50 bits per heavy atom. The van der Waals surface area contributed by atoms with Gasteiger partial charge in [-0.2, -0.15) is 0 Å². The minimum absolute atomic E-state index is 0.0484. The molecule has 0 atom stereocenters. The normalized spacial score (nSPS) is 21.1. The molecule has 1 rings (SSSR count). The monoisotopic (exact) mass is 244 g/mol. The van der Waals surface area contributed by atoms with Crippen LogP contribution in [0, 0.1) is 0 Å². The SMILES string of the molecule is CC(C)(C)P(=O)(C1CCCCC1)C(C)(C)C. The van der Waals surface area contributed by atoms with Gasteiger partial charge in [-0.15, -0.1) is 0 Å². The second kappa shape index (κ2) is 4.48. The molecule has 0 amide bonds.